The van der Waals surface area contributed by atoms with E-state index in [4.69, 9.17) is 25.6 Å². The highest BCUT2D eigenvalue weighted by molar-refractivity contribution is 6.33. The lowest BCUT2D eigenvalue weighted by Crippen LogP contribution is -2.46. The number of carbonyl (C=O) groups excluding carboxylic acids is 2. The van der Waals surface area contributed by atoms with E-state index in [0.29, 0.717) is 24.3 Å². The van der Waals surface area contributed by atoms with Crippen LogP contribution in [-0.4, -0.2) is 47.5 Å². The number of rotatable bonds is 8. The summed E-state index contributed by atoms with van der Waals surface area (Å²) in [5.74, 6) is -1.74. The standard InChI is InChI=1S/C32H32ClF3N2O6/c1-32(2,3)43-29(39)17-9-12-23(22(34)13-17)38-18-10-11-19(38)15-20(14-18)41-30(40)26-27(37-44-28(26)16-7-8-16)25-21(33)5-4-6-24(25)42-31(35)36/h4-6,9,12-13,16,18-20,31H,7-8,10-11,14-15H2,1-3H3/t18-,19+,20?. The third-order valence-corrected chi connectivity index (χ3v) is 8.44. The fourth-order valence-corrected chi connectivity index (χ4v) is 6.49. The molecule has 8 nitrogen and oxygen atoms in total. The fourth-order valence-electron chi connectivity index (χ4n) is 6.23. The Balaban J connectivity index is 1.21. The van der Waals surface area contributed by atoms with Crippen LogP contribution >= 0.6 is 11.6 Å². The van der Waals surface area contributed by atoms with Gasteiger partial charge in [-0.1, -0.05) is 22.8 Å². The highest BCUT2D eigenvalue weighted by atomic mass is 35.5. The predicted molar refractivity (Wildman–Crippen MR) is 155 cm³/mol. The maximum atomic E-state index is 15.4. The largest absolute Gasteiger partial charge is 0.458 e. The van der Waals surface area contributed by atoms with Gasteiger partial charge in [0.15, 0.2) is 5.76 Å². The zero-order chi connectivity index (χ0) is 31.3. The number of ether oxygens (including phenoxy) is 3. The van der Waals surface area contributed by atoms with Crippen LogP contribution in [0.3, 0.4) is 0 Å². The van der Waals surface area contributed by atoms with E-state index in [-0.39, 0.29) is 51.2 Å². The summed E-state index contributed by atoms with van der Waals surface area (Å²) in [5, 5.41) is 4.13. The number of fused-ring (bicyclic) bond motifs is 2. The molecule has 0 N–H and O–H groups in total. The van der Waals surface area contributed by atoms with Crippen LogP contribution < -0.4 is 9.64 Å². The van der Waals surface area contributed by atoms with Gasteiger partial charge in [-0.3, -0.25) is 0 Å². The average Bonchev–Trinajstić information content (AvgIpc) is 3.63. The molecule has 2 bridgehead atoms. The van der Waals surface area contributed by atoms with Crippen LogP contribution in [0.1, 0.15) is 91.7 Å². The van der Waals surface area contributed by atoms with Crippen molar-refractivity contribution in [2.75, 3.05) is 4.90 Å². The van der Waals surface area contributed by atoms with E-state index in [2.05, 4.69) is 9.89 Å². The van der Waals surface area contributed by atoms with E-state index in [1.807, 2.05) is 4.90 Å². The Morgan fingerprint density at radius 3 is 2.36 bits per heavy atom. The minimum absolute atomic E-state index is 0.00861. The summed E-state index contributed by atoms with van der Waals surface area (Å²) in [4.78, 5) is 28.2. The molecule has 2 aromatic carbocycles. The monoisotopic (exact) mass is 632 g/mol. The topological polar surface area (TPSA) is 91.1 Å². The predicted octanol–water partition coefficient (Wildman–Crippen LogP) is 7.93. The van der Waals surface area contributed by atoms with Gasteiger partial charge in [0.05, 0.1) is 21.8 Å². The average molecular weight is 633 g/mol. The van der Waals surface area contributed by atoms with Crippen molar-refractivity contribution in [3.8, 4) is 17.0 Å². The first-order valence-electron chi connectivity index (χ1n) is 14.6. The molecule has 1 saturated carbocycles. The van der Waals surface area contributed by atoms with Crippen LogP contribution in [0.25, 0.3) is 11.3 Å². The highest BCUT2D eigenvalue weighted by Gasteiger charge is 2.44. The van der Waals surface area contributed by atoms with Gasteiger partial charge in [-0.05, 0) is 76.8 Å². The summed E-state index contributed by atoms with van der Waals surface area (Å²) in [5.41, 5.74) is -0.112. The first-order valence-corrected chi connectivity index (χ1v) is 15.0. The normalized spacial score (nSPS) is 21.5. The summed E-state index contributed by atoms with van der Waals surface area (Å²) in [6.45, 7) is 2.13. The number of hydrogen-bond donors (Lipinski definition) is 0. The van der Waals surface area contributed by atoms with Crippen LogP contribution in [0.15, 0.2) is 40.9 Å². The van der Waals surface area contributed by atoms with E-state index in [1.54, 1.807) is 32.9 Å². The smallest absolute Gasteiger partial charge is 0.387 e. The van der Waals surface area contributed by atoms with Gasteiger partial charge in [0, 0.05) is 30.8 Å². The molecule has 0 radical (unpaired) electrons. The molecule has 2 aliphatic heterocycles. The minimum atomic E-state index is -3.11. The lowest BCUT2D eigenvalue weighted by Gasteiger charge is -2.40. The number of nitrogens with zero attached hydrogens (tertiary/aromatic N) is 2. The summed E-state index contributed by atoms with van der Waals surface area (Å²) in [6.07, 6.45) is 3.59. The third-order valence-electron chi connectivity index (χ3n) is 8.12. The van der Waals surface area contributed by atoms with Crippen LogP contribution in [0, 0.1) is 5.82 Å². The Morgan fingerprint density at radius 1 is 1.05 bits per heavy atom. The van der Waals surface area contributed by atoms with E-state index in [0.717, 1.165) is 25.7 Å². The maximum absolute atomic E-state index is 15.4. The first kappa shape index (κ1) is 30.3. The van der Waals surface area contributed by atoms with Gasteiger partial charge in [-0.25, -0.2) is 14.0 Å². The van der Waals surface area contributed by atoms with Crippen LogP contribution in [-0.2, 0) is 9.47 Å². The van der Waals surface area contributed by atoms with Crippen LogP contribution in [0.4, 0.5) is 18.9 Å². The van der Waals surface area contributed by atoms with Gasteiger partial charge in [0.25, 0.3) is 0 Å². The van der Waals surface area contributed by atoms with Gasteiger partial charge in [0.1, 0.15) is 34.5 Å². The van der Waals surface area contributed by atoms with E-state index >= 15 is 4.39 Å². The third kappa shape index (κ3) is 6.11. The van der Waals surface area contributed by atoms with E-state index < -0.39 is 36.1 Å². The molecule has 3 atom stereocenters. The fraction of sp³-hybridized carbons (Fsp3) is 0.469. The Hall–Kier alpha value is -3.73. The first-order chi connectivity index (χ1) is 20.9. The zero-order valence-electron chi connectivity index (χ0n) is 24.4. The molecule has 44 heavy (non-hydrogen) atoms. The summed E-state index contributed by atoms with van der Waals surface area (Å²) in [6, 6.07) is 8.44. The molecular formula is C32H32ClF3N2O6. The summed E-state index contributed by atoms with van der Waals surface area (Å²) >= 11 is 6.39. The van der Waals surface area contributed by atoms with E-state index in [1.165, 1.54) is 24.3 Å². The zero-order valence-corrected chi connectivity index (χ0v) is 25.2. The molecule has 1 aliphatic carbocycles. The Labute approximate surface area is 257 Å². The van der Waals surface area contributed by atoms with Crippen molar-refractivity contribution in [2.45, 2.75) is 95.6 Å². The number of benzene rings is 2. The second-order valence-corrected chi connectivity index (χ2v) is 12.9. The molecule has 3 aliphatic rings. The van der Waals surface area contributed by atoms with Crippen molar-refractivity contribution in [1.29, 1.82) is 0 Å². The second kappa shape index (κ2) is 11.6. The molecule has 0 spiro atoms. The van der Waals surface area contributed by atoms with Crippen molar-refractivity contribution in [3.05, 3.63) is 64.1 Å². The molecule has 3 aromatic rings. The van der Waals surface area contributed by atoms with Gasteiger partial charge in [0.2, 0.25) is 0 Å². The molecule has 2 saturated heterocycles. The van der Waals surface area contributed by atoms with Crippen molar-refractivity contribution < 1.29 is 41.5 Å². The Morgan fingerprint density at radius 2 is 1.75 bits per heavy atom. The van der Waals surface area contributed by atoms with Gasteiger partial charge < -0.3 is 23.6 Å². The molecule has 0 amide bonds. The summed E-state index contributed by atoms with van der Waals surface area (Å²) < 4.78 is 63.3. The number of carbonyl (C=O) groups is 2. The molecule has 12 heteroatoms. The lowest BCUT2D eigenvalue weighted by molar-refractivity contribution is -0.0494. The van der Waals surface area contributed by atoms with Gasteiger partial charge in [-0.2, -0.15) is 8.78 Å². The van der Waals surface area contributed by atoms with Crippen molar-refractivity contribution >= 4 is 29.2 Å². The Bertz CT molecular complexity index is 1570. The van der Waals surface area contributed by atoms with Gasteiger partial charge >= 0.3 is 18.6 Å². The molecule has 6 rings (SSSR count). The van der Waals surface area contributed by atoms with Crippen molar-refractivity contribution in [1.82, 2.24) is 5.16 Å². The van der Waals surface area contributed by atoms with Gasteiger partial charge in [-0.15, -0.1) is 0 Å². The van der Waals surface area contributed by atoms with Crippen molar-refractivity contribution in [3.63, 3.8) is 0 Å². The highest BCUT2D eigenvalue weighted by Crippen LogP contribution is 2.47. The van der Waals surface area contributed by atoms with Crippen molar-refractivity contribution in [2.24, 2.45) is 0 Å². The summed E-state index contributed by atoms with van der Waals surface area (Å²) in [7, 11) is 0. The Kier molecular flexibility index (Phi) is 8.02. The quantitative estimate of drug-likeness (QED) is 0.231. The van der Waals surface area contributed by atoms with Crippen LogP contribution in [0.5, 0.6) is 5.75 Å². The molecule has 1 unspecified atom stereocenters. The number of halogens is 4. The minimum Gasteiger partial charge on any atom is -0.458 e. The van der Waals surface area contributed by atoms with E-state index in [9.17, 15) is 18.4 Å². The number of piperidine rings is 1. The number of aromatic nitrogens is 1. The molecule has 234 valence electrons. The SMILES string of the molecule is CC(C)(C)OC(=O)c1ccc(N2[C@@H]3CC[C@H]2CC(OC(=O)c2c(-c4c(Cl)cccc4OC(F)F)noc2C2CC2)C3)c(F)c1. The molecular weight excluding hydrogens is 601 g/mol. The second-order valence-electron chi connectivity index (χ2n) is 12.5. The lowest BCUT2D eigenvalue weighted by atomic mass is 9.97. The maximum Gasteiger partial charge on any atom is 0.387 e. The number of esters is 2. The number of hydrogen-bond acceptors (Lipinski definition) is 8. The van der Waals surface area contributed by atoms with Crippen LogP contribution in [0.2, 0.25) is 5.02 Å². The molecule has 3 heterocycles. The number of anilines is 1. The molecule has 3 fully saturated rings. The molecule has 1 aromatic heterocycles. The number of alkyl halides is 2.